The highest BCUT2D eigenvalue weighted by Crippen LogP contribution is 2.34. The minimum Gasteiger partial charge on any atom is -0.329 e. The Morgan fingerprint density at radius 3 is 2.92 bits per heavy atom. The van der Waals surface area contributed by atoms with Crippen molar-refractivity contribution < 1.29 is 0 Å². The molecule has 0 saturated heterocycles. The molecule has 4 heteroatoms. The Hall–Kier alpha value is -0.0200. The summed E-state index contributed by atoms with van der Waals surface area (Å²) in [5.41, 5.74) is 6.53. The van der Waals surface area contributed by atoms with Gasteiger partial charge in [-0.05, 0) is 13.0 Å². The summed E-state index contributed by atoms with van der Waals surface area (Å²) < 4.78 is 0. The molecule has 2 nitrogen and oxygen atoms in total. The van der Waals surface area contributed by atoms with Crippen LogP contribution in [0.5, 0.6) is 0 Å². The van der Waals surface area contributed by atoms with E-state index in [0.717, 1.165) is 5.57 Å². The van der Waals surface area contributed by atoms with Crippen molar-refractivity contribution in [3.63, 3.8) is 0 Å². The van der Waals surface area contributed by atoms with Gasteiger partial charge in [-0.2, -0.15) is 0 Å². The third-order valence-corrected chi connectivity index (χ3v) is 3.01. The SMILES string of the molecule is CC1=CCC(Cl)(NCCN)C(Cl)=C1. The number of allylic oxidation sites excluding steroid dienone is 2. The van der Waals surface area contributed by atoms with Gasteiger partial charge in [-0.15, -0.1) is 0 Å². The van der Waals surface area contributed by atoms with Gasteiger partial charge in [0, 0.05) is 19.5 Å². The first-order valence-electron chi connectivity index (χ1n) is 4.27. The van der Waals surface area contributed by atoms with Gasteiger partial charge in [0.2, 0.25) is 0 Å². The maximum atomic E-state index is 6.26. The molecule has 0 aromatic rings. The molecule has 0 aromatic heterocycles. The van der Waals surface area contributed by atoms with Crippen molar-refractivity contribution in [1.29, 1.82) is 0 Å². The Morgan fingerprint density at radius 2 is 2.38 bits per heavy atom. The number of rotatable bonds is 3. The number of alkyl halides is 1. The summed E-state index contributed by atoms with van der Waals surface area (Å²) in [6.45, 7) is 3.23. The average molecular weight is 221 g/mol. The van der Waals surface area contributed by atoms with Crippen LogP contribution in [0, 0.1) is 0 Å². The molecule has 1 atom stereocenters. The maximum Gasteiger partial charge on any atom is 0.133 e. The largest absolute Gasteiger partial charge is 0.329 e. The van der Waals surface area contributed by atoms with Gasteiger partial charge in [-0.1, -0.05) is 34.9 Å². The minimum absolute atomic E-state index is 0.557. The molecule has 0 aromatic carbocycles. The Balaban J connectivity index is 2.66. The highest BCUT2D eigenvalue weighted by molar-refractivity contribution is 6.39. The van der Waals surface area contributed by atoms with Gasteiger partial charge in [-0.3, -0.25) is 5.32 Å². The molecule has 0 saturated carbocycles. The summed E-state index contributed by atoms with van der Waals surface area (Å²) in [6, 6.07) is 0. The number of hydrogen-bond donors (Lipinski definition) is 2. The number of halogens is 2. The summed E-state index contributed by atoms with van der Waals surface area (Å²) >= 11 is 12.3. The Morgan fingerprint density at radius 1 is 1.69 bits per heavy atom. The van der Waals surface area contributed by atoms with Gasteiger partial charge < -0.3 is 5.73 Å². The molecule has 1 rings (SSSR count). The lowest BCUT2D eigenvalue weighted by Gasteiger charge is -2.29. The molecule has 1 unspecified atom stereocenters. The Bertz CT molecular complexity index is 248. The molecule has 0 heterocycles. The third kappa shape index (κ3) is 2.71. The Kier molecular flexibility index (Phi) is 3.80. The van der Waals surface area contributed by atoms with Crippen molar-refractivity contribution in [2.75, 3.05) is 13.1 Å². The topological polar surface area (TPSA) is 38.0 Å². The molecule has 0 fully saturated rings. The molecule has 74 valence electrons. The predicted octanol–water partition coefficient (Wildman–Crippen LogP) is 1.94. The fourth-order valence-corrected chi connectivity index (χ4v) is 1.74. The molecular weight excluding hydrogens is 207 g/mol. The van der Waals surface area contributed by atoms with E-state index in [9.17, 15) is 0 Å². The molecule has 1 aliphatic rings. The van der Waals surface area contributed by atoms with Crippen LogP contribution in [-0.2, 0) is 0 Å². The Labute approximate surface area is 88.8 Å². The van der Waals surface area contributed by atoms with Gasteiger partial charge in [-0.25, -0.2) is 0 Å². The highest BCUT2D eigenvalue weighted by atomic mass is 35.5. The van der Waals surface area contributed by atoms with Crippen molar-refractivity contribution >= 4 is 23.2 Å². The fourth-order valence-electron chi connectivity index (χ4n) is 1.20. The van der Waals surface area contributed by atoms with Gasteiger partial charge in [0.1, 0.15) is 5.00 Å². The second-order valence-corrected chi connectivity index (χ2v) is 4.21. The van der Waals surface area contributed by atoms with Crippen LogP contribution in [0.1, 0.15) is 13.3 Å². The van der Waals surface area contributed by atoms with E-state index in [1.807, 2.05) is 13.0 Å². The van der Waals surface area contributed by atoms with E-state index in [1.165, 1.54) is 0 Å². The summed E-state index contributed by atoms with van der Waals surface area (Å²) in [4.78, 5) is -0.638. The lowest BCUT2D eigenvalue weighted by atomic mass is 10.0. The van der Waals surface area contributed by atoms with Crippen LogP contribution in [0.25, 0.3) is 0 Å². The first kappa shape index (κ1) is 11.1. The molecule has 0 bridgehead atoms. The zero-order valence-corrected chi connectivity index (χ0v) is 9.12. The number of hydrogen-bond acceptors (Lipinski definition) is 2. The molecule has 13 heavy (non-hydrogen) atoms. The van der Waals surface area contributed by atoms with Crippen molar-refractivity contribution in [1.82, 2.24) is 5.32 Å². The second kappa shape index (κ2) is 4.47. The van der Waals surface area contributed by atoms with Gasteiger partial charge in [0.15, 0.2) is 0 Å². The monoisotopic (exact) mass is 220 g/mol. The third-order valence-electron chi connectivity index (χ3n) is 1.99. The van der Waals surface area contributed by atoms with E-state index < -0.39 is 5.00 Å². The van der Waals surface area contributed by atoms with Crippen molar-refractivity contribution in [3.8, 4) is 0 Å². The lowest BCUT2D eigenvalue weighted by molar-refractivity contribution is 0.536. The summed E-state index contributed by atoms with van der Waals surface area (Å²) in [5.74, 6) is 0. The summed E-state index contributed by atoms with van der Waals surface area (Å²) in [6.07, 6.45) is 4.64. The first-order valence-corrected chi connectivity index (χ1v) is 5.02. The quantitative estimate of drug-likeness (QED) is 0.564. The lowest BCUT2D eigenvalue weighted by Crippen LogP contribution is -2.43. The zero-order valence-electron chi connectivity index (χ0n) is 7.61. The molecule has 0 aliphatic heterocycles. The van der Waals surface area contributed by atoms with E-state index in [0.29, 0.717) is 24.5 Å². The fraction of sp³-hybridized carbons (Fsp3) is 0.556. The standard InChI is InChI=1S/C9H14Cl2N2/c1-7-2-3-9(11,8(10)6-7)13-5-4-12/h2,6,13H,3-5,12H2,1H3. The molecule has 0 amide bonds. The molecule has 1 aliphatic carbocycles. The van der Waals surface area contributed by atoms with Crippen molar-refractivity contribution in [3.05, 3.63) is 22.8 Å². The van der Waals surface area contributed by atoms with E-state index in [2.05, 4.69) is 11.4 Å². The minimum atomic E-state index is -0.638. The van der Waals surface area contributed by atoms with Gasteiger partial charge >= 0.3 is 0 Å². The van der Waals surface area contributed by atoms with E-state index >= 15 is 0 Å². The van der Waals surface area contributed by atoms with Crippen LogP contribution in [0.4, 0.5) is 0 Å². The molecular formula is C9H14Cl2N2. The molecule has 0 spiro atoms. The van der Waals surface area contributed by atoms with Crippen LogP contribution < -0.4 is 11.1 Å². The van der Waals surface area contributed by atoms with Crippen LogP contribution in [0.3, 0.4) is 0 Å². The van der Waals surface area contributed by atoms with Crippen LogP contribution in [-0.4, -0.2) is 18.1 Å². The van der Waals surface area contributed by atoms with E-state index in [1.54, 1.807) is 0 Å². The predicted molar refractivity (Wildman–Crippen MR) is 58.0 cm³/mol. The first-order chi connectivity index (χ1) is 6.08. The van der Waals surface area contributed by atoms with E-state index in [-0.39, 0.29) is 0 Å². The molecule has 0 radical (unpaired) electrons. The van der Waals surface area contributed by atoms with Gasteiger partial charge in [0.25, 0.3) is 0 Å². The van der Waals surface area contributed by atoms with Crippen LogP contribution in [0.2, 0.25) is 0 Å². The van der Waals surface area contributed by atoms with E-state index in [4.69, 9.17) is 28.9 Å². The normalized spacial score (nSPS) is 28.3. The highest BCUT2D eigenvalue weighted by Gasteiger charge is 2.30. The van der Waals surface area contributed by atoms with Crippen LogP contribution >= 0.6 is 23.2 Å². The molecule has 3 N–H and O–H groups in total. The maximum absolute atomic E-state index is 6.26. The smallest absolute Gasteiger partial charge is 0.133 e. The van der Waals surface area contributed by atoms with Gasteiger partial charge in [0.05, 0.1) is 5.03 Å². The summed E-state index contributed by atoms with van der Waals surface area (Å²) in [7, 11) is 0. The van der Waals surface area contributed by atoms with Crippen molar-refractivity contribution in [2.45, 2.75) is 18.3 Å². The van der Waals surface area contributed by atoms with Crippen molar-refractivity contribution in [2.24, 2.45) is 5.73 Å². The average Bonchev–Trinajstić information content (AvgIpc) is 2.09. The second-order valence-electron chi connectivity index (χ2n) is 3.16. The number of nitrogens with one attached hydrogen (secondary N) is 1. The van der Waals surface area contributed by atoms with Crippen LogP contribution in [0.15, 0.2) is 22.8 Å². The zero-order chi connectivity index (χ0) is 9.90. The number of nitrogens with two attached hydrogens (primary N) is 1. The summed E-state index contributed by atoms with van der Waals surface area (Å²) in [5, 5.41) is 3.75.